The maximum Gasteiger partial charge on any atom is 0.306 e. The standard InChI is InChI=1S/C27H31O2P/c1-23(27(28)29)15-7-2-3-14-22-30(24-16-8-4-9-17-24,25-18-10-5-11-19-25)26-20-12-6-13-21-26/h4-6,8-13,16-21,23H,2-3,7,14-15,22H2,1H3/p+1. The fourth-order valence-electron chi connectivity index (χ4n) is 4.16. The lowest BCUT2D eigenvalue weighted by Gasteiger charge is -2.27. The van der Waals surface area contributed by atoms with E-state index < -0.39 is 13.2 Å². The minimum atomic E-state index is -1.73. The Labute approximate surface area is 181 Å². The van der Waals surface area contributed by atoms with Crippen LogP contribution in [0.3, 0.4) is 0 Å². The smallest absolute Gasteiger partial charge is 0.306 e. The van der Waals surface area contributed by atoms with Gasteiger partial charge in [-0.05, 0) is 55.7 Å². The normalized spacial score (nSPS) is 12.4. The van der Waals surface area contributed by atoms with E-state index in [1.807, 2.05) is 0 Å². The number of carboxylic acids is 1. The highest BCUT2D eigenvalue weighted by atomic mass is 31.2. The number of carboxylic acid groups (broad SMARTS) is 1. The van der Waals surface area contributed by atoms with Gasteiger partial charge in [0, 0.05) is 0 Å². The zero-order chi connectivity index (χ0) is 21.2. The first-order valence-corrected chi connectivity index (χ1v) is 12.9. The molecule has 1 N–H and O–H groups in total. The molecule has 3 rings (SSSR count). The van der Waals surface area contributed by atoms with Crippen molar-refractivity contribution in [2.24, 2.45) is 5.92 Å². The zero-order valence-corrected chi connectivity index (χ0v) is 18.7. The van der Waals surface area contributed by atoms with Gasteiger partial charge in [0.1, 0.15) is 23.2 Å². The monoisotopic (exact) mass is 419 g/mol. The molecule has 2 nitrogen and oxygen atoms in total. The highest BCUT2D eigenvalue weighted by molar-refractivity contribution is 7.95. The van der Waals surface area contributed by atoms with Gasteiger partial charge in [0.15, 0.2) is 0 Å². The lowest BCUT2D eigenvalue weighted by Crippen LogP contribution is -2.33. The summed E-state index contributed by atoms with van der Waals surface area (Å²) in [5, 5.41) is 13.4. The molecule has 30 heavy (non-hydrogen) atoms. The number of benzene rings is 3. The molecule has 3 aromatic rings. The average molecular weight is 420 g/mol. The Balaban J connectivity index is 1.84. The fraction of sp³-hybridized carbons (Fsp3) is 0.296. The van der Waals surface area contributed by atoms with Crippen LogP contribution >= 0.6 is 7.26 Å². The second-order valence-corrected chi connectivity index (χ2v) is 11.6. The third kappa shape index (κ3) is 5.37. The first kappa shape index (κ1) is 22.2. The van der Waals surface area contributed by atoms with Gasteiger partial charge in [-0.3, -0.25) is 4.79 Å². The molecule has 0 amide bonds. The van der Waals surface area contributed by atoms with E-state index in [0.717, 1.165) is 38.3 Å². The molecule has 3 aromatic carbocycles. The highest BCUT2D eigenvalue weighted by Crippen LogP contribution is 2.55. The van der Waals surface area contributed by atoms with Crippen LogP contribution in [0.1, 0.15) is 39.0 Å². The summed E-state index contributed by atoms with van der Waals surface area (Å²) in [5.74, 6) is -0.924. The lowest BCUT2D eigenvalue weighted by molar-refractivity contribution is -0.141. The Morgan fingerprint density at radius 3 is 1.50 bits per heavy atom. The van der Waals surface area contributed by atoms with Crippen LogP contribution < -0.4 is 15.9 Å². The molecule has 0 radical (unpaired) electrons. The topological polar surface area (TPSA) is 37.3 Å². The summed E-state index contributed by atoms with van der Waals surface area (Å²) in [5.41, 5.74) is 0. The molecule has 0 saturated heterocycles. The summed E-state index contributed by atoms with van der Waals surface area (Å²) in [4.78, 5) is 11.0. The largest absolute Gasteiger partial charge is 0.481 e. The van der Waals surface area contributed by atoms with Crippen molar-refractivity contribution in [1.29, 1.82) is 0 Å². The van der Waals surface area contributed by atoms with Gasteiger partial charge >= 0.3 is 5.97 Å². The van der Waals surface area contributed by atoms with Crippen molar-refractivity contribution < 1.29 is 9.90 Å². The van der Waals surface area contributed by atoms with Crippen molar-refractivity contribution in [3.63, 3.8) is 0 Å². The Morgan fingerprint density at radius 1 is 0.700 bits per heavy atom. The summed E-state index contributed by atoms with van der Waals surface area (Å²) < 4.78 is 0. The summed E-state index contributed by atoms with van der Waals surface area (Å²) in [6, 6.07) is 33.0. The molecule has 3 heteroatoms. The molecule has 0 aliphatic rings. The van der Waals surface area contributed by atoms with Gasteiger partial charge in [-0.15, -0.1) is 0 Å². The van der Waals surface area contributed by atoms with Crippen molar-refractivity contribution in [1.82, 2.24) is 0 Å². The molecular formula is C27H32O2P+. The Kier molecular flexibility index (Phi) is 8.22. The molecule has 156 valence electrons. The molecule has 0 aliphatic carbocycles. The molecule has 0 bridgehead atoms. The molecule has 0 aromatic heterocycles. The van der Waals surface area contributed by atoms with Crippen molar-refractivity contribution in [2.75, 3.05) is 6.16 Å². The van der Waals surface area contributed by atoms with Crippen LogP contribution in [0.5, 0.6) is 0 Å². The van der Waals surface area contributed by atoms with Crippen molar-refractivity contribution in [2.45, 2.75) is 39.0 Å². The van der Waals surface area contributed by atoms with E-state index in [0.29, 0.717) is 0 Å². The second kappa shape index (κ2) is 11.1. The highest BCUT2D eigenvalue weighted by Gasteiger charge is 2.44. The lowest BCUT2D eigenvalue weighted by atomic mass is 10.0. The van der Waals surface area contributed by atoms with E-state index in [-0.39, 0.29) is 5.92 Å². The van der Waals surface area contributed by atoms with Crippen molar-refractivity contribution >= 4 is 29.1 Å². The van der Waals surface area contributed by atoms with Gasteiger partial charge in [0.2, 0.25) is 0 Å². The van der Waals surface area contributed by atoms with E-state index in [4.69, 9.17) is 5.11 Å². The number of carbonyl (C=O) groups is 1. The summed E-state index contributed by atoms with van der Waals surface area (Å²) in [6.45, 7) is 1.80. The van der Waals surface area contributed by atoms with Crippen LogP contribution in [0.15, 0.2) is 91.0 Å². The predicted octanol–water partition coefficient (Wildman–Crippen LogP) is 5.65. The molecular weight excluding hydrogens is 387 g/mol. The minimum absolute atomic E-state index is 0.241. The third-order valence-corrected chi connectivity index (χ3v) is 10.4. The first-order valence-electron chi connectivity index (χ1n) is 10.9. The van der Waals surface area contributed by atoms with Crippen LogP contribution in [-0.2, 0) is 4.79 Å². The van der Waals surface area contributed by atoms with Crippen LogP contribution in [0, 0.1) is 5.92 Å². The van der Waals surface area contributed by atoms with E-state index in [9.17, 15) is 4.79 Å². The molecule has 0 saturated carbocycles. The number of unbranched alkanes of at least 4 members (excludes halogenated alkanes) is 3. The Morgan fingerprint density at radius 2 is 1.10 bits per heavy atom. The number of hydrogen-bond acceptors (Lipinski definition) is 1. The van der Waals surface area contributed by atoms with Gasteiger partial charge in [-0.1, -0.05) is 74.4 Å². The number of aliphatic carboxylic acids is 1. The molecule has 0 spiro atoms. The van der Waals surface area contributed by atoms with Gasteiger partial charge in [0.05, 0.1) is 12.1 Å². The maximum absolute atomic E-state index is 11.0. The van der Waals surface area contributed by atoms with E-state index in [2.05, 4.69) is 91.0 Å². The van der Waals surface area contributed by atoms with Crippen LogP contribution in [0.2, 0.25) is 0 Å². The molecule has 0 heterocycles. The minimum Gasteiger partial charge on any atom is -0.481 e. The average Bonchev–Trinajstić information content (AvgIpc) is 2.80. The van der Waals surface area contributed by atoms with Gasteiger partial charge < -0.3 is 5.11 Å². The van der Waals surface area contributed by atoms with E-state index >= 15 is 0 Å². The van der Waals surface area contributed by atoms with Gasteiger partial charge in [0.25, 0.3) is 0 Å². The van der Waals surface area contributed by atoms with Gasteiger partial charge in [-0.25, -0.2) is 0 Å². The molecule has 1 atom stereocenters. The maximum atomic E-state index is 11.0. The summed E-state index contributed by atoms with van der Waals surface area (Å²) in [6.07, 6.45) is 6.27. The summed E-state index contributed by atoms with van der Waals surface area (Å²) >= 11 is 0. The van der Waals surface area contributed by atoms with Crippen LogP contribution in [0.25, 0.3) is 0 Å². The van der Waals surface area contributed by atoms with Crippen molar-refractivity contribution in [3.05, 3.63) is 91.0 Å². The SMILES string of the molecule is CC(CCCCCC[P+](c1ccccc1)(c1ccccc1)c1ccccc1)C(=O)O. The van der Waals surface area contributed by atoms with E-state index in [1.165, 1.54) is 15.9 Å². The zero-order valence-electron chi connectivity index (χ0n) is 17.8. The Bertz CT molecular complexity index is 797. The molecule has 1 unspecified atom stereocenters. The predicted molar refractivity (Wildman–Crippen MR) is 130 cm³/mol. The summed E-state index contributed by atoms with van der Waals surface area (Å²) in [7, 11) is -1.73. The Hall–Kier alpha value is -2.44. The fourth-order valence-corrected chi connectivity index (χ4v) is 8.57. The van der Waals surface area contributed by atoms with Crippen molar-refractivity contribution in [3.8, 4) is 0 Å². The van der Waals surface area contributed by atoms with Crippen LogP contribution in [0.4, 0.5) is 0 Å². The first-order chi connectivity index (χ1) is 14.6. The van der Waals surface area contributed by atoms with Gasteiger partial charge in [-0.2, -0.15) is 0 Å². The van der Waals surface area contributed by atoms with Crippen LogP contribution in [-0.4, -0.2) is 17.2 Å². The number of hydrogen-bond donors (Lipinski definition) is 1. The number of rotatable bonds is 11. The third-order valence-electron chi connectivity index (χ3n) is 5.89. The molecule has 0 aliphatic heterocycles. The van der Waals surface area contributed by atoms with E-state index in [1.54, 1.807) is 6.92 Å². The molecule has 0 fully saturated rings. The quantitative estimate of drug-likeness (QED) is 0.322. The second-order valence-electron chi connectivity index (χ2n) is 7.98.